The number of hydrogen-bond donors (Lipinski definition) is 1. The summed E-state index contributed by atoms with van der Waals surface area (Å²) in [5.41, 5.74) is 5.17. The SMILES string of the molecule is CCOc1ccc2c(c1)-c1nc(Nc3cc(OC)c(OC)c(OC)c3)ncc1CC2. The molecule has 0 radical (unpaired) electrons. The van der Waals surface area contributed by atoms with E-state index < -0.39 is 0 Å². The first-order valence-electron chi connectivity index (χ1n) is 9.85. The first-order chi connectivity index (χ1) is 14.7. The molecule has 0 amide bonds. The topological polar surface area (TPSA) is 74.7 Å². The Kier molecular flexibility index (Phi) is 5.61. The molecule has 2 aromatic carbocycles. The van der Waals surface area contributed by atoms with Crippen molar-refractivity contribution in [3.05, 3.63) is 47.7 Å². The van der Waals surface area contributed by atoms with Crippen molar-refractivity contribution in [2.24, 2.45) is 0 Å². The van der Waals surface area contributed by atoms with Crippen LogP contribution < -0.4 is 24.3 Å². The molecule has 1 N–H and O–H groups in total. The van der Waals surface area contributed by atoms with Crippen LogP contribution in [0, 0.1) is 0 Å². The fourth-order valence-corrected chi connectivity index (χ4v) is 3.69. The van der Waals surface area contributed by atoms with Gasteiger partial charge in [-0.25, -0.2) is 9.97 Å². The lowest BCUT2D eigenvalue weighted by atomic mass is 9.90. The summed E-state index contributed by atoms with van der Waals surface area (Å²) in [4.78, 5) is 9.32. The van der Waals surface area contributed by atoms with E-state index in [1.807, 2.05) is 31.3 Å². The summed E-state index contributed by atoms with van der Waals surface area (Å²) in [5.74, 6) is 3.00. The maximum Gasteiger partial charge on any atom is 0.227 e. The third-order valence-electron chi connectivity index (χ3n) is 5.10. The molecule has 0 unspecified atom stereocenters. The fourth-order valence-electron chi connectivity index (χ4n) is 3.69. The van der Waals surface area contributed by atoms with Crippen molar-refractivity contribution in [3.63, 3.8) is 0 Å². The molecule has 1 aliphatic rings. The predicted octanol–water partition coefficient (Wildman–Crippen LogP) is 4.41. The molecule has 1 aromatic heterocycles. The number of anilines is 2. The number of rotatable bonds is 7. The summed E-state index contributed by atoms with van der Waals surface area (Å²) in [5, 5.41) is 3.26. The van der Waals surface area contributed by atoms with E-state index in [9.17, 15) is 0 Å². The Hall–Kier alpha value is -3.48. The van der Waals surface area contributed by atoms with Crippen molar-refractivity contribution in [3.8, 4) is 34.3 Å². The zero-order valence-corrected chi connectivity index (χ0v) is 17.6. The molecule has 3 aromatic rings. The van der Waals surface area contributed by atoms with Crippen LogP contribution in [0.25, 0.3) is 11.3 Å². The van der Waals surface area contributed by atoms with Crippen molar-refractivity contribution in [2.45, 2.75) is 19.8 Å². The lowest BCUT2D eigenvalue weighted by Crippen LogP contribution is -2.09. The molecule has 0 atom stereocenters. The molecule has 30 heavy (non-hydrogen) atoms. The Labute approximate surface area is 176 Å². The zero-order valence-electron chi connectivity index (χ0n) is 17.6. The van der Waals surface area contributed by atoms with Gasteiger partial charge in [0.25, 0.3) is 0 Å². The normalized spacial score (nSPS) is 11.9. The first-order valence-corrected chi connectivity index (χ1v) is 9.85. The number of ether oxygens (including phenoxy) is 4. The third-order valence-corrected chi connectivity index (χ3v) is 5.10. The molecule has 0 saturated carbocycles. The first kappa shape index (κ1) is 19.8. The van der Waals surface area contributed by atoms with Gasteiger partial charge in [0.15, 0.2) is 11.5 Å². The van der Waals surface area contributed by atoms with Crippen molar-refractivity contribution in [1.82, 2.24) is 9.97 Å². The Morgan fingerprint density at radius 2 is 1.67 bits per heavy atom. The number of methoxy groups -OCH3 is 3. The van der Waals surface area contributed by atoms with Crippen LogP contribution in [0.2, 0.25) is 0 Å². The molecule has 0 fully saturated rings. The minimum absolute atomic E-state index is 0.498. The van der Waals surface area contributed by atoms with Gasteiger partial charge in [-0.2, -0.15) is 0 Å². The number of fused-ring (bicyclic) bond motifs is 3. The number of hydrogen-bond acceptors (Lipinski definition) is 7. The van der Waals surface area contributed by atoms with Crippen LogP contribution in [0.3, 0.4) is 0 Å². The number of benzene rings is 2. The van der Waals surface area contributed by atoms with Gasteiger partial charge in [-0.15, -0.1) is 0 Å². The van der Waals surface area contributed by atoms with Crippen LogP contribution >= 0.6 is 0 Å². The molecular weight excluding hydrogens is 382 g/mol. The molecule has 4 rings (SSSR count). The molecule has 1 heterocycles. The summed E-state index contributed by atoms with van der Waals surface area (Å²) in [7, 11) is 4.75. The molecular formula is C23H25N3O4. The van der Waals surface area contributed by atoms with Gasteiger partial charge in [-0.05, 0) is 43.0 Å². The summed E-state index contributed by atoms with van der Waals surface area (Å²) >= 11 is 0. The van der Waals surface area contributed by atoms with E-state index in [0.717, 1.165) is 41.1 Å². The Morgan fingerprint density at radius 1 is 0.933 bits per heavy atom. The molecule has 0 aliphatic heterocycles. The van der Waals surface area contributed by atoms with E-state index in [2.05, 4.69) is 22.4 Å². The highest BCUT2D eigenvalue weighted by Crippen LogP contribution is 2.41. The summed E-state index contributed by atoms with van der Waals surface area (Å²) < 4.78 is 21.9. The third kappa shape index (κ3) is 3.70. The molecule has 7 nitrogen and oxygen atoms in total. The van der Waals surface area contributed by atoms with E-state index in [1.165, 1.54) is 5.56 Å². The maximum atomic E-state index is 5.69. The largest absolute Gasteiger partial charge is 0.494 e. The van der Waals surface area contributed by atoms with E-state index in [1.54, 1.807) is 21.3 Å². The lowest BCUT2D eigenvalue weighted by Gasteiger charge is -2.20. The van der Waals surface area contributed by atoms with Gasteiger partial charge in [0.1, 0.15) is 5.75 Å². The minimum atomic E-state index is 0.498. The average Bonchev–Trinajstić information content (AvgIpc) is 2.78. The summed E-state index contributed by atoms with van der Waals surface area (Å²) in [6.07, 6.45) is 3.78. The van der Waals surface area contributed by atoms with E-state index in [0.29, 0.717) is 29.8 Å². The molecule has 0 spiro atoms. The van der Waals surface area contributed by atoms with Gasteiger partial charge >= 0.3 is 0 Å². The standard InChI is InChI=1S/C23H25N3O4/c1-5-30-17-9-8-14-6-7-15-13-24-23(26-21(15)18(14)12-17)25-16-10-19(27-2)22(29-4)20(11-16)28-3/h8-13H,5-7H2,1-4H3,(H,24,25,26). The van der Waals surface area contributed by atoms with Crippen LogP contribution in [-0.4, -0.2) is 37.9 Å². The predicted molar refractivity (Wildman–Crippen MR) is 115 cm³/mol. The maximum absolute atomic E-state index is 5.69. The highest BCUT2D eigenvalue weighted by Gasteiger charge is 2.20. The van der Waals surface area contributed by atoms with Gasteiger partial charge in [0, 0.05) is 29.6 Å². The van der Waals surface area contributed by atoms with E-state index >= 15 is 0 Å². The second-order valence-electron chi connectivity index (χ2n) is 6.86. The van der Waals surface area contributed by atoms with Crippen molar-refractivity contribution < 1.29 is 18.9 Å². The summed E-state index contributed by atoms with van der Waals surface area (Å²) in [6, 6.07) is 9.85. The Morgan fingerprint density at radius 3 is 2.33 bits per heavy atom. The number of nitrogens with one attached hydrogen (secondary N) is 1. The van der Waals surface area contributed by atoms with Gasteiger partial charge < -0.3 is 24.3 Å². The summed E-state index contributed by atoms with van der Waals surface area (Å²) in [6.45, 7) is 2.61. The van der Waals surface area contributed by atoms with Gasteiger partial charge in [0.2, 0.25) is 11.7 Å². The van der Waals surface area contributed by atoms with Crippen molar-refractivity contribution in [2.75, 3.05) is 33.3 Å². The van der Waals surface area contributed by atoms with Crippen LogP contribution in [0.5, 0.6) is 23.0 Å². The van der Waals surface area contributed by atoms with Crippen LogP contribution in [0.15, 0.2) is 36.5 Å². The Balaban J connectivity index is 1.70. The van der Waals surface area contributed by atoms with Crippen LogP contribution in [0.1, 0.15) is 18.1 Å². The lowest BCUT2D eigenvalue weighted by molar-refractivity contribution is 0.324. The molecule has 7 heteroatoms. The van der Waals surface area contributed by atoms with Gasteiger partial charge in [-0.1, -0.05) is 6.07 Å². The smallest absolute Gasteiger partial charge is 0.227 e. The second kappa shape index (κ2) is 8.49. The highest BCUT2D eigenvalue weighted by atomic mass is 16.5. The highest BCUT2D eigenvalue weighted by molar-refractivity contribution is 5.73. The second-order valence-corrected chi connectivity index (χ2v) is 6.86. The molecule has 1 aliphatic carbocycles. The van der Waals surface area contributed by atoms with E-state index in [4.69, 9.17) is 23.9 Å². The number of aryl methyl sites for hydroxylation is 2. The number of aromatic nitrogens is 2. The quantitative estimate of drug-likeness (QED) is 0.622. The fraction of sp³-hybridized carbons (Fsp3) is 0.304. The Bertz CT molecular complexity index is 1040. The van der Waals surface area contributed by atoms with Gasteiger partial charge in [0.05, 0.1) is 33.6 Å². The zero-order chi connectivity index (χ0) is 21.1. The van der Waals surface area contributed by atoms with Crippen molar-refractivity contribution in [1.29, 1.82) is 0 Å². The van der Waals surface area contributed by atoms with Crippen LogP contribution in [0.4, 0.5) is 11.6 Å². The average molecular weight is 407 g/mol. The molecule has 0 bridgehead atoms. The monoisotopic (exact) mass is 407 g/mol. The minimum Gasteiger partial charge on any atom is -0.494 e. The van der Waals surface area contributed by atoms with E-state index in [-0.39, 0.29) is 0 Å². The number of nitrogens with zero attached hydrogens (tertiary/aromatic N) is 2. The van der Waals surface area contributed by atoms with Crippen molar-refractivity contribution >= 4 is 11.6 Å². The molecule has 156 valence electrons. The molecule has 0 saturated heterocycles. The van der Waals surface area contributed by atoms with Crippen LogP contribution in [-0.2, 0) is 12.8 Å². The van der Waals surface area contributed by atoms with Gasteiger partial charge in [-0.3, -0.25) is 0 Å².